The number of nitrogens with zero attached hydrogens (tertiary/aromatic N) is 2. The van der Waals surface area contributed by atoms with Gasteiger partial charge in [0.2, 0.25) is 0 Å². The second-order valence-corrected chi connectivity index (χ2v) is 4.13. The molecule has 0 saturated carbocycles. The maximum absolute atomic E-state index is 8.88. The summed E-state index contributed by atoms with van der Waals surface area (Å²) in [6.07, 6.45) is 1.84. The van der Waals surface area contributed by atoms with Gasteiger partial charge in [0.1, 0.15) is 11.8 Å². The largest absolute Gasteiger partial charge is 0.335 e. The summed E-state index contributed by atoms with van der Waals surface area (Å²) in [5, 5.41) is 9.95. The molecule has 0 atom stereocenters. The number of hydrogen-bond donors (Lipinski definition) is 0. The predicted octanol–water partition coefficient (Wildman–Crippen LogP) is 3.71. The van der Waals surface area contributed by atoms with Crippen LogP contribution in [0.3, 0.4) is 0 Å². The third-order valence-corrected chi connectivity index (χ3v) is 3.17. The molecule has 0 N–H and O–H groups in total. The van der Waals surface area contributed by atoms with Crippen molar-refractivity contribution in [1.82, 2.24) is 4.57 Å². The molecule has 4 heteroatoms. The number of benzene rings is 1. The van der Waals surface area contributed by atoms with E-state index in [1.807, 2.05) is 29.0 Å². The van der Waals surface area contributed by atoms with Crippen molar-refractivity contribution in [3.05, 3.63) is 57.8 Å². The molecule has 1 heterocycles. The Balaban J connectivity index is 2.35. The Morgan fingerprint density at radius 1 is 1.19 bits per heavy atom. The van der Waals surface area contributed by atoms with E-state index in [1.165, 1.54) is 0 Å². The molecule has 1 aromatic carbocycles. The summed E-state index contributed by atoms with van der Waals surface area (Å²) in [7, 11) is 0. The van der Waals surface area contributed by atoms with Gasteiger partial charge in [-0.1, -0.05) is 35.3 Å². The number of halogens is 2. The van der Waals surface area contributed by atoms with E-state index in [9.17, 15) is 0 Å². The molecule has 2 aromatic rings. The second-order valence-electron chi connectivity index (χ2n) is 3.35. The highest BCUT2D eigenvalue weighted by Gasteiger charge is 2.06. The van der Waals surface area contributed by atoms with Gasteiger partial charge in [-0.25, -0.2) is 0 Å². The lowest BCUT2D eigenvalue weighted by Crippen LogP contribution is -2.01. The standard InChI is InChI=1S/C12H8Cl2N2/c13-11-5-1-3-9(12(11)14)8-16-6-2-4-10(16)7-15/h1-6H,8H2. The van der Waals surface area contributed by atoms with Crippen molar-refractivity contribution in [2.45, 2.75) is 6.54 Å². The number of hydrogen-bond acceptors (Lipinski definition) is 1. The van der Waals surface area contributed by atoms with Crippen LogP contribution >= 0.6 is 23.2 Å². The van der Waals surface area contributed by atoms with Crippen LogP contribution in [0.5, 0.6) is 0 Å². The summed E-state index contributed by atoms with van der Waals surface area (Å²) < 4.78 is 1.83. The lowest BCUT2D eigenvalue weighted by molar-refractivity contribution is 0.794. The lowest BCUT2D eigenvalue weighted by Gasteiger charge is -2.07. The van der Waals surface area contributed by atoms with Gasteiger partial charge < -0.3 is 4.57 Å². The number of rotatable bonds is 2. The number of nitriles is 1. The molecule has 16 heavy (non-hydrogen) atoms. The SMILES string of the molecule is N#Cc1cccn1Cc1cccc(Cl)c1Cl. The highest BCUT2D eigenvalue weighted by atomic mass is 35.5. The molecule has 0 saturated heterocycles. The summed E-state index contributed by atoms with van der Waals surface area (Å²) >= 11 is 12.0. The number of aromatic nitrogens is 1. The third kappa shape index (κ3) is 2.06. The van der Waals surface area contributed by atoms with Crippen molar-refractivity contribution in [3.8, 4) is 6.07 Å². The fourth-order valence-corrected chi connectivity index (χ4v) is 1.89. The van der Waals surface area contributed by atoms with E-state index in [1.54, 1.807) is 12.1 Å². The molecule has 0 unspecified atom stereocenters. The van der Waals surface area contributed by atoms with E-state index in [-0.39, 0.29) is 0 Å². The Morgan fingerprint density at radius 2 is 2.00 bits per heavy atom. The van der Waals surface area contributed by atoms with Gasteiger partial charge in [-0.05, 0) is 23.8 Å². The molecule has 0 aliphatic carbocycles. The topological polar surface area (TPSA) is 28.7 Å². The predicted molar refractivity (Wildman–Crippen MR) is 64.7 cm³/mol. The summed E-state index contributed by atoms with van der Waals surface area (Å²) in [5.41, 5.74) is 1.51. The minimum absolute atomic E-state index is 0.532. The van der Waals surface area contributed by atoms with Gasteiger partial charge in [-0.3, -0.25) is 0 Å². The van der Waals surface area contributed by atoms with E-state index >= 15 is 0 Å². The Morgan fingerprint density at radius 3 is 2.75 bits per heavy atom. The first kappa shape index (κ1) is 11.1. The zero-order valence-electron chi connectivity index (χ0n) is 8.32. The Bertz CT molecular complexity index is 552. The Kier molecular flexibility index (Phi) is 3.19. The Hall–Kier alpha value is -1.43. The molecule has 0 aliphatic rings. The maximum Gasteiger partial charge on any atom is 0.120 e. The Labute approximate surface area is 104 Å². The first-order chi connectivity index (χ1) is 7.72. The van der Waals surface area contributed by atoms with Crippen molar-refractivity contribution in [1.29, 1.82) is 5.26 Å². The van der Waals surface area contributed by atoms with Gasteiger partial charge in [0.25, 0.3) is 0 Å². The molecule has 0 spiro atoms. The van der Waals surface area contributed by atoms with Gasteiger partial charge in [0.15, 0.2) is 0 Å². The van der Waals surface area contributed by atoms with E-state index in [0.29, 0.717) is 22.3 Å². The fourth-order valence-electron chi connectivity index (χ4n) is 1.51. The van der Waals surface area contributed by atoms with E-state index in [4.69, 9.17) is 28.5 Å². The molecule has 80 valence electrons. The second kappa shape index (κ2) is 4.61. The summed E-state index contributed by atoms with van der Waals surface area (Å²) in [5.74, 6) is 0. The summed E-state index contributed by atoms with van der Waals surface area (Å²) in [6, 6.07) is 11.2. The quantitative estimate of drug-likeness (QED) is 0.799. The molecule has 2 nitrogen and oxygen atoms in total. The van der Waals surface area contributed by atoms with Gasteiger partial charge in [0.05, 0.1) is 10.0 Å². The lowest BCUT2D eigenvalue weighted by atomic mass is 10.2. The smallest absolute Gasteiger partial charge is 0.120 e. The van der Waals surface area contributed by atoms with E-state index in [0.717, 1.165) is 5.56 Å². The van der Waals surface area contributed by atoms with E-state index < -0.39 is 0 Å². The summed E-state index contributed by atoms with van der Waals surface area (Å²) in [6.45, 7) is 0.551. The average molecular weight is 251 g/mol. The van der Waals surface area contributed by atoms with E-state index in [2.05, 4.69) is 6.07 Å². The van der Waals surface area contributed by atoms with Crippen LogP contribution in [0.1, 0.15) is 11.3 Å². The van der Waals surface area contributed by atoms with Crippen LogP contribution in [0, 0.1) is 11.3 Å². The van der Waals surface area contributed by atoms with Crippen LogP contribution in [-0.4, -0.2) is 4.57 Å². The normalized spacial score (nSPS) is 10.1. The molecule has 1 aromatic heterocycles. The van der Waals surface area contributed by atoms with Gasteiger partial charge in [-0.2, -0.15) is 5.26 Å². The first-order valence-corrected chi connectivity index (χ1v) is 5.46. The zero-order valence-corrected chi connectivity index (χ0v) is 9.83. The molecule has 0 amide bonds. The molecule has 2 rings (SSSR count). The third-order valence-electron chi connectivity index (χ3n) is 2.32. The maximum atomic E-state index is 8.88. The minimum Gasteiger partial charge on any atom is -0.335 e. The summed E-state index contributed by atoms with van der Waals surface area (Å²) in [4.78, 5) is 0. The minimum atomic E-state index is 0.532. The fraction of sp³-hybridized carbons (Fsp3) is 0.0833. The molecule has 0 bridgehead atoms. The van der Waals surface area contributed by atoms with Crippen molar-refractivity contribution in [3.63, 3.8) is 0 Å². The van der Waals surface area contributed by atoms with Crippen LogP contribution in [0.2, 0.25) is 10.0 Å². The van der Waals surface area contributed by atoms with Gasteiger partial charge in [0, 0.05) is 12.7 Å². The van der Waals surface area contributed by atoms with Crippen LogP contribution in [0.25, 0.3) is 0 Å². The molecule has 0 aliphatic heterocycles. The molecular formula is C12H8Cl2N2. The zero-order chi connectivity index (χ0) is 11.5. The average Bonchev–Trinajstić information content (AvgIpc) is 2.72. The van der Waals surface area contributed by atoms with Crippen molar-refractivity contribution in [2.75, 3.05) is 0 Å². The molecule has 0 radical (unpaired) electrons. The van der Waals surface area contributed by atoms with Crippen LogP contribution in [0.4, 0.5) is 0 Å². The molecule has 0 fully saturated rings. The first-order valence-electron chi connectivity index (χ1n) is 4.70. The monoisotopic (exact) mass is 250 g/mol. The van der Waals surface area contributed by atoms with Crippen molar-refractivity contribution < 1.29 is 0 Å². The highest BCUT2D eigenvalue weighted by Crippen LogP contribution is 2.26. The van der Waals surface area contributed by atoms with Crippen LogP contribution in [-0.2, 0) is 6.54 Å². The van der Waals surface area contributed by atoms with Gasteiger partial charge in [-0.15, -0.1) is 0 Å². The van der Waals surface area contributed by atoms with Crippen molar-refractivity contribution >= 4 is 23.2 Å². The van der Waals surface area contributed by atoms with Gasteiger partial charge >= 0.3 is 0 Å². The highest BCUT2D eigenvalue weighted by molar-refractivity contribution is 6.42. The molecular weight excluding hydrogens is 243 g/mol. The van der Waals surface area contributed by atoms with Crippen molar-refractivity contribution in [2.24, 2.45) is 0 Å². The van der Waals surface area contributed by atoms with Crippen LogP contribution in [0.15, 0.2) is 36.5 Å². The van der Waals surface area contributed by atoms with Crippen LogP contribution < -0.4 is 0 Å².